The number of nitrogens with zero attached hydrogens (tertiary/aromatic N) is 1. The molecule has 1 N–H and O–H groups in total. The minimum absolute atomic E-state index is 0.241. The molecule has 0 spiro atoms. The van der Waals surface area contributed by atoms with Gasteiger partial charge in [-0.15, -0.1) is 0 Å². The zero-order valence-corrected chi connectivity index (χ0v) is 8.61. The maximum Gasteiger partial charge on any atom is 0.407 e. The van der Waals surface area contributed by atoms with Crippen LogP contribution in [0.15, 0.2) is 12.3 Å². The molecular weight excluding hydrogens is 196 g/mol. The van der Waals surface area contributed by atoms with Gasteiger partial charge in [-0.2, -0.15) is 0 Å². The Labute approximate surface area is 87.4 Å². The van der Waals surface area contributed by atoms with E-state index in [0.29, 0.717) is 12.4 Å². The minimum Gasteiger partial charge on any atom is -0.481 e. The Morgan fingerprint density at radius 3 is 3.00 bits per heavy atom. The fraction of sp³-hybridized carbons (Fsp3) is 0.400. The van der Waals surface area contributed by atoms with Crippen molar-refractivity contribution in [1.82, 2.24) is 10.3 Å². The molecule has 0 aliphatic carbocycles. The molecule has 1 amide bonds. The maximum absolute atomic E-state index is 10.9. The Hall–Kier alpha value is -1.78. The number of hydrogen-bond donors (Lipinski definition) is 1. The maximum atomic E-state index is 10.9. The van der Waals surface area contributed by atoms with E-state index in [1.54, 1.807) is 13.3 Å². The van der Waals surface area contributed by atoms with Crippen LogP contribution >= 0.6 is 0 Å². The number of nitrogens with one attached hydrogen (secondary N) is 1. The monoisotopic (exact) mass is 208 g/mol. The van der Waals surface area contributed by atoms with Crippen LogP contribution in [0.3, 0.4) is 0 Å². The van der Waals surface area contributed by atoms with Crippen molar-refractivity contribution in [3.63, 3.8) is 0 Å². The predicted molar refractivity (Wildman–Crippen MR) is 52.8 cm³/mol. The molecule has 1 atom stereocenters. The Bertz CT molecular complexity index is 392. The summed E-state index contributed by atoms with van der Waals surface area (Å²) >= 11 is 0. The fourth-order valence-electron chi connectivity index (χ4n) is 1.55. The fourth-order valence-corrected chi connectivity index (χ4v) is 1.55. The number of carbonyl (C=O) groups is 1. The number of amides is 1. The highest BCUT2D eigenvalue weighted by Crippen LogP contribution is 2.23. The lowest BCUT2D eigenvalue weighted by molar-refractivity contribution is 0.141. The lowest BCUT2D eigenvalue weighted by Gasteiger charge is -2.10. The summed E-state index contributed by atoms with van der Waals surface area (Å²) in [6.45, 7) is 2.39. The Morgan fingerprint density at radius 1 is 1.67 bits per heavy atom. The molecule has 5 heteroatoms. The molecule has 0 bridgehead atoms. The highest BCUT2D eigenvalue weighted by molar-refractivity contribution is 5.69. The van der Waals surface area contributed by atoms with E-state index >= 15 is 0 Å². The molecule has 5 nitrogen and oxygen atoms in total. The summed E-state index contributed by atoms with van der Waals surface area (Å²) in [6, 6.07) is 1.91. The van der Waals surface area contributed by atoms with Crippen molar-refractivity contribution >= 4 is 6.09 Å². The normalized spacial score (nSPS) is 19.6. The molecule has 15 heavy (non-hydrogen) atoms. The second kappa shape index (κ2) is 3.76. The zero-order chi connectivity index (χ0) is 10.8. The molecule has 1 aromatic heterocycles. The second-order valence-electron chi connectivity index (χ2n) is 3.37. The number of cyclic esters (lactones) is 1. The summed E-state index contributed by atoms with van der Waals surface area (Å²) in [5.74, 6) is 0.594. The van der Waals surface area contributed by atoms with Gasteiger partial charge in [0.15, 0.2) is 0 Å². The summed E-state index contributed by atoms with van der Waals surface area (Å²) in [5.41, 5.74) is 1.81. The second-order valence-corrected chi connectivity index (χ2v) is 3.37. The van der Waals surface area contributed by atoms with E-state index in [2.05, 4.69) is 10.3 Å². The van der Waals surface area contributed by atoms with Crippen LogP contribution in [-0.2, 0) is 4.74 Å². The van der Waals surface area contributed by atoms with Gasteiger partial charge in [0, 0.05) is 17.3 Å². The zero-order valence-electron chi connectivity index (χ0n) is 8.61. The Balaban J connectivity index is 2.22. The van der Waals surface area contributed by atoms with E-state index in [1.165, 1.54) is 0 Å². The predicted octanol–water partition coefficient (Wildman–Crippen LogP) is 1.18. The van der Waals surface area contributed by atoms with Gasteiger partial charge in [0.25, 0.3) is 0 Å². The van der Waals surface area contributed by atoms with Crippen LogP contribution in [0.25, 0.3) is 0 Å². The van der Waals surface area contributed by atoms with E-state index in [9.17, 15) is 4.79 Å². The number of aryl methyl sites for hydroxylation is 1. The van der Waals surface area contributed by atoms with E-state index < -0.39 is 0 Å². The highest BCUT2D eigenvalue weighted by atomic mass is 16.6. The quantitative estimate of drug-likeness (QED) is 0.792. The number of hydrogen-bond acceptors (Lipinski definition) is 4. The molecule has 1 aliphatic rings. The molecule has 1 saturated heterocycles. The average Bonchev–Trinajstić information content (AvgIpc) is 2.65. The number of pyridine rings is 1. The van der Waals surface area contributed by atoms with Crippen LogP contribution < -0.4 is 10.1 Å². The van der Waals surface area contributed by atoms with E-state index in [1.807, 2.05) is 13.0 Å². The molecule has 80 valence electrons. The number of rotatable bonds is 2. The summed E-state index contributed by atoms with van der Waals surface area (Å²) in [7, 11) is 1.58. The molecule has 0 saturated carbocycles. The van der Waals surface area contributed by atoms with Crippen LogP contribution in [0.1, 0.15) is 17.2 Å². The first-order valence-corrected chi connectivity index (χ1v) is 4.65. The van der Waals surface area contributed by atoms with Crippen molar-refractivity contribution in [2.45, 2.75) is 13.0 Å². The molecule has 0 radical (unpaired) electrons. The first-order valence-electron chi connectivity index (χ1n) is 4.65. The van der Waals surface area contributed by atoms with Crippen molar-refractivity contribution in [3.05, 3.63) is 23.4 Å². The third-order valence-electron chi connectivity index (χ3n) is 2.30. The van der Waals surface area contributed by atoms with Gasteiger partial charge in [0.1, 0.15) is 6.10 Å². The van der Waals surface area contributed by atoms with Gasteiger partial charge in [0.2, 0.25) is 5.88 Å². The van der Waals surface area contributed by atoms with Crippen molar-refractivity contribution in [2.75, 3.05) is 13.7 Å². The van der Waals surface area contributed by atoms with E-state index in [0.717, 1.165) is 11.1 Å². The van der Waals surface area contributed by atoms with E-state index in [4.69, 9.17) is 9.47 Å². The SMILES string of the molecule is COc1ncc(C2CNC(=O)O2)cc1C. The van der Waals surface area contributed by atoms with E-state index in [-0.39, 0.29) is 12.2 Å². The summed E-state index contributed by atoms with van der Waals surface area (Å²) in [4.78, 5) is 15.0. The van der Waals surface area contributed by atoms with Gasteiger partial charge in [-0.25, -0.2) is 9.78 Å². The van der Waals surface area contributed by atoms with Crippen molar-refractivity contribution in [2.24, 2.45) is 0 Å². The number of ether oxygens (including phenoxy) is 2. The number of carbonyl (C=O) groups excluding carboxylic acids is 1. The van der Waals surface area contributed by atoms with Gasteiger partial charge in [-0.3, -0.25) is 0 Å². The van der Waals surface area contributed by atoms with Gasteiger partial charge < -0.3 is 14.8 Å². The molecular formula is C10H12N2O3. The number of alkyl carbamates (subject to hydrolysis) is 1. The largest absolute Gasteiger partial charge is 0.481 e. The summed E-state index contributed by atoms with van der Waals surface area (Å²) < 4.78 is 10.1. The third-order valence-corrected chi connectivity index (χ3v) is 2.30. The standard InChI is InChI=1S/C10H12N2O3/c1-6-3-7(4-11-9(6)14-2)8-5-12-10(13)15-8/h3-4,8H,5H2,1-2H3,(H,12,13). The van der Waals surface area contributed by atoms with Gasteiger partial charge >= 0.3 is 6.09 Å². The highest BCUT2D eigenvalue weighted by Gasteiger charge is 2.24. The van der Waals surface area contributed by atoms with Gasteiger partial charge in [0.05, 0.1) is 13.7 Å². The Morgan fingerprint density at radius 2 is 2.47 bits per heavy atom. The molecule has 0 aromatic carbocycles. The molecule has 1 unspecified atom stereocenters. The van der Waals surface area contributed by atoms with Crippen molar-refractivity contribution in [3.8, 4) is 5.88 Å². The van der Waals surface area contributed by atoms with Gasteiger partial charge in [-0.05, 0) is 13.0 Å². The molecule has 1 aromatic rings. The average molecular weight is 208 g/mol. The minimum atomic E-state index is -0.381. The first-order chi connectivity index (χ1) is 7.20. The van der Waals surface area contributed by atoms with Crippen molar-refractivity contribution in [1.29, 1.82) is 0 Å². The van der Waals surface area contributed by atoms with Crippen molar-refractivity contribution < 1.29 is 14.3 Å². The Kier molecular flexibility index (Phi) is 2.45. The van der Waals surface area contributed by atoms with Crippen LogP contribution in [0.2, 0.25) is 0 Å². The van der Waals surface area contributed by atoms with Crippen LogP contribution in [0.5, 0.6) is 5.88 Å². The van der Waals surface area contributed by atoms with Gasteiger partial charge in [-0.1, -0.05) is 0 Å². The lowest BCUT2D eigenvalue weighted by Crippen LogP contribution is -2.12. The van der Waals surface area contributed by atoms with Crippen LogP contribution in [0, 0.1) is 6.92 Å². The summed E-state index contributed by atoms with van der Waals surface area (Å²) in [5, 5.41) is 2.60. The number of aromatic nitrogens is 1. The first kappa shape index (κ1) is 9.76. The van der Waals surface area contributed by atoms with Crippen LogP contribution in [-0.4, -0.2) is 24.7 Å². The number of methoxy groups -OCH3 is 1. The molecule has 2 rings (SSSR count). The molecule has 2 heterocycles. The molecule has 1 aliphatic heterocycles. The summed E-state index contributed by atoms with van der Waals surface area (Å²) in [6.07, 6.45) is 1.04. The smallest absolute Gasteiger partial charge is 0.407 e. The topological polar surface area (TPSA) is 60.5 Å². The molecule has 1 fully saturated rings. The van der Waals surface area contributed by atoms with Crippen LogP contribution in [0.4, 0.5) is 4.79 Å². The third kappa shape index (κ3) is 1.86. The lowest BCUT2D eigenvalue weighted by atomic mass is 10.1.